The summed E-state index contributed by atoms with van der Waals surface area (Å²) in [7, 11) is 0. The average molecular weight is 287 g/mol. The maximum Gasteiger partial charge on any atom is 0.335 e. The lowest BCUT2D eigenvalue weighted by atomic mass is 9.96. The maximum absolute atomic E-state index is 11.4. The molecule has 3 nitrogen and oxygen atoms in total. The van der Waals surface area contributed by atoms with E-state index in [2.05, 4.69) is 0 Å². The molecule has 1 aliphatic rings. The van der Waals surface area contributed by atoms with E-state index >= 15 is 0 Å². The molecule has 3 rings (SSSR count). The Balaban J connectivity index is 2.08. The van der Waals surface area contributed by atoms with Crippen LogP contribution < -0.4 is 4.74 Å². The summed E-state index contributed by atoms with van der Waals surface area (Å²) in [6.45, 7) is 0. The zero-order valence-corrected chi connectivity index (χ0v) is 11.2. The van der Waals surface area contributed by atoms with Crippen LogP contribution in [0.5, 0.6) is 5.75 Å². The first-order valence-corrected chi connectivity index (χ1v) is 6.49. The number of fused-ring (bicyclic) bond motifs is 1. The Morgan fingerprint density at radius 2 is 1.80 bits per heavy atom. The number of para-hydroxylation sites is 1. The van der Waals surface area contributed by atoms with Gasteiger partial charge < -0.3 is 9.84 Å². The van der Waals surface area contributed by atoms with Crippen molar-refractivity contribution < 1.29 is 14.6 Å². The Hall–Kier alpha value is -2.26. The smallest absolute Gasteiger partial charge is 0.335 e. The molecule has 1 heterocycles. The van der Waals surface area contributed by atoms with E-state index in [0.29, 0.717) is 10.8 Å². The molecule has 0 saturated heterocycles. The van der Waals surface area contributed by atoms with Gasteiger partial charge in [-0.1, -0.05) is 41.9 Å². The van der Waals surface area contributed by atoms with Crippen LogP contribution in [0, 0.1) is 0 Å². The molecule has 20 heavy (non-hydrogen) atoms. The maximum atomic E-state index is 11.4. The quantitative estimate of drug-likeness (QED) is 0.909. The molecule has 0 aliphatic carbocycles. The van der Waals surface area contributed by atoms with Crippen LogP contribution in [0.3, 0.4) is 0 Å². The van der Waals surface area contributed by atoms with E-state index in [0.717, 1.165) is 11.1 Å². The van der Waals surface area contributed by atoms with Crippen molar-refractivity contribution in [1.82, 2.24) is 0 Å². The fourth-order valence-electron chi connectivity index (χ4n) is 2.20. The van der Waals surface area contributed by atoms with Gasteiger partial charge in [0.2, 0.25) is 0 Å². The largest absolute Gasteiger partial charge is 0.480 e. The second kappa shape index (κ2) is 5.02. The van der Waals surface area contributed by atoms with Crippen molar-refractivity contribution in [3.63, 3.8) is 0 Å². The SMILES string of the molecule is O=C(O)C1=Cc2ccccc2OC1c1ccc(Cl)cc1. The Morgan fingerprint density at radius 1 is 1.10 bits per heavy atom. The summed E-state index contributed by atoms with van der Waals surface area (Å²) in [4.78, 5) is 11.4. The van der Waals surface area contributed by atoms with Crippen molar-refractivity contribution in [3.8, 4) is 5.75 Å². The predicted octanol–water partition coefficient (Wildman–Crippen LogP) is 3.94. The van der Waals surface area contributed by atoms with Crippen molar-refractivity contribution >= 4 is 23.6 Å². The van der Waals surface area contributed by atoms with Crippen LogP contribution in [0.25, 0.3) is 6.08 Å². The van der Waals surface area contributed by atoms with Crippen molar-refractivity contribution in [2.45, 2.75) is 6.10 Å². The Morgan fingerprint density at radius 3 is 2.50 bits per heavy atom. The number of ether oxygens (including phenoxy) is 1. The van der Waals surface area contributed by atoms with Gasteiger partial charge in [0.1, 0.15) is 5.75 Å². The minimum Gasteiger partial charge on any atom is -0.480 e. The monoisotopic (exact) mass is 286 g/mol. The van der Waals surface area contributed by atoms with Crippen LogP contribution >= 0.6 is 11.6 Å². The van der Waals surface area contributed by atoms with Gasteiger partial charge in [-0.15, -0.1) is 0 Å². The highest BCUT2D eigenvalue weighted by Gasteiger charge is 2.28. The normalized spacial score (nSPS) is 16.9. The van der Waals surface area contributed by atoms with Gasteiger partial charge in [0, 0.05) is 10.6 Å². The first-order valence-electron chi connectivity index (χ1n) is 6.11. The van der Waals surface area contributed by atoms with E-state index < -0.39 is 12.1 Å². The number of carboxylic acid groups (broad SMARTS) is 1. The highest BCUT2D eigenvalue weighted by atomic mass is 35.5. The number of carboxylic acids is 1. The number of carbonyl (C=O) groups is 1. The molecule has 0 saturated carbocycles. The minimum absolute atomic E-state index is 0.214. The van der Waals surface area contributed by atoms with Gasteiger partial charge in [0.15, 0.2) is 6.10 Å². The third kappa shape index (κ3) is 2.28. The van der Waals surface area contributed by atoms with Crippen LogP contribution in [0.2, 0.25) is 5.02 Å². The van der Waals surface area contributed by atoms with Gasteiger partial charge in [0.05, 0.1) is 5.57 Å². The van der Waals surface area contributed by atoms with E-state index in [4.69, 9.17) is 16.3 Å². The summed E-state index contributed by atoms with van der Waals surface area (Å²) in [6.07, 6.45) is 1.03. The second-order valence-corrected chi connectivity index (χ2v) is 4.93. The van der Waals surface area contributed by atoms with Crippen molar-refractivity contribution in [3.05, 3.63) is 70.3 Å². The molecule has 0 radical (unpaired) electrons. The Kier molecular flexibility index (Phi) is 3.20. The molecule has 0 aromatic heterocycles. The summed E-state index contributed by atoms with van der Waals surface area (Å²) >= 11 is 5.86. The minimum atomic E-state index is -0.987. The zero-order valence-electron chi connectivity index (χ0n) is 10.4. The van der Waals surface area contributed by atoms with E-state index in [9.17, 15) is 9.90 Å². The lowest BCUT2D eigenvalue weighted by Gasteiger charge is -2.25. The molecule has 1 aliphatic heterocycles. The molecule has 1 atom stereocenters. The first-order chi connectivity index (χ1) is 9.65. The van der Waals surface area contributed by atoms with Crippen LogP contribution in [-0.4, -0.2) is 11.1 Å². The summed E-state index contributed by atoms with van der Waals surface area (Å²) in [5, 5.41) is 9.98. The topological polar surface area (TPSA) is 46.5 Å². The van der Waals surface area contributed by atoms with Gasteiger partial charge >= 0.3 is 5.97 Å². The van der Waals surface area contributed by atoms with E-state index in [1.54, 1.807) is 30.3 Å². The predicted molar refractivity (Wildman–Crippen MR) is 76.9 cm³/mol. The molecule has 0 bridgehead atoms. The highest BCUT2D eigenvalue weighted by molar-refractivity contribution is 6.30. The number of aliphatic carboxylic acids is 1. The Bertz CT molecular complexity index is 689. The molecule has 0 spiro atoms. The number of halogens is 1. The molecule has 1 unspecified atom stereocenters. The molecule has 4 heteroatoms. The molecule has 100 valence electrons. The van der Waals surface area contributed by atoms with Crippen molar-refractivity contribution in [2.75, 3.05) is 0 Å². The third-order valence-corrected chi connectivity index (χ3v) is 3.43. The molecular weight excluding hydrogens is 276 g/mol. The fraction of sp³-hybridized carbons (Fsp3) is 0.0625. The van der Waals surface area contributed by atoms with Gasteiger partial charge in [0.25, 0.3) is 0 Å². The zero-order chi connectivity index (χ0) is 14.1. The highest BCUT2D eigenvalue weighted by Crippen LogP contribution is 2.37. The molecule has 0 amide bonds. The first kappa shape index (κ1) is 12.8. The van der Waals surface area contributed by atoms with Crippen molar-refractivity contribution in [1.29, 1.82) is 0 Å². The molecule has 0 fully saturated rings. The summed E-state index contributed by atoms with van der Waals surface area (Å²) in [6, 6.07) is 14.4. The Labute approximate surface area is 121 Å². The van der Waals surface area contributed by atoms with Gasteiger partial charge in [-0.25, -0.2) is 4.79 Å². The van der Waals surface area contributed by atoms with Crippen LogP contribution in [0.4, 0.5) is 0 Å². The third-order valence-electron chi connectivity index (χ3n) is 3.18. The number of hydrogen-bond acceptors (Lipinski definition) is 2. The van der Waals surface area contributed by atoms with Gasteiger partial charge in [-0.2, -0.15) is 0 Å². The van der Waals surface area contributed by atoms with E-state index in [1.807, 2.05) is 24.3 Å². The average Bonchev–Trinajstić information content (AvgIpc) is 2.46. The number of rotatable bonds is 2. The number of benzene rings is 2. The van der Waals surface area contributed by atoms with Gasteiger partial charge in [-0.3, -0.25) is 0 Å². The molecular formula is C16H11ClO3. The van der Waals surface area contributed by atoms with E-state index in [-0.39, 0.29) is 5.57 Å². The lowest BCUT2D eigenvalue weighted by molar-refractivity contribution is -0.133. The molecule has 2 aromatic carbocycles. The standard InChI is InChI=1S/C16H11ClO3/c17-12-7-5-10(6-8-12)15-13(16(18)19)9-11-3-1-2-4-14(11)20-15/h1-9,15H,(H,18,19). The fourth-order valence-corrected chi connectivity index (χ4v) is 2.33. The van der Waals surface area contributed by atoms with Crippen LogP contribution in [0.15, 0.2) is 54.1 Å². The van der Waals surface area contributed by atoms with Crippen LogP contribution in [-0.2, 0) is 4.79 Å². The van der Waals surface area contributed by atoms with E-state index in [1.165, 1.54) is 0 Å². The van der Waals surface area contributed by atoms with Crippen LogP contribution in [0.1, 0.15) is 17.2 Å². The summed E-state index contributed by atoms with van der Waals surface area (Å²) in [5.74, 6) is -0.308. The second-order valence-electron chi connectivity index (χ2n) is 4.49. The lowest BCUT2D eigenvalue weighted by Crippen LogP contribution is -2.20. The summed E-state index contributed by atoms with van der Waals surface area (Å²) in [5.41, 5.74) is 1.75. The molecule has 2 aromatic rings. The number of hydrogen-bond donors (Lipinski definition) is 1. The van der Waals surface area contributed by atoms with Crippen molar-refractivity contribution in [2.24, 2.45) is 0 Å². The van der Waals surface area contributed by atoms with Gasteiger partial charge in [-0.05, 0) is 29.8 Å². The molecule has 1 N–H and O–H groups in total. The summed E-state index contributed by atoms with van der Waals surface area (Å²) < 4.78 is 5.84.